The molecule has 0 aliphatic rings. The molecule has 2 aromatic carbocycles. The van der Waals surface area contributed by atoms with E-state index in [4.69, 9.17) is 0 Å². The number of hydrogen-bond donors (Lipinski definition) is 0. The molecule has 0 atom stereocenters. The minimum absolute atomic E-state index is 0.121. The molecule has 0 nitrogen and oxygen atoms in total. The highest BCUT2D eigenvalue weighted by molar-refractivity contribution is 5.92. The van der Waals surface area contributed by atoms with Crippen LogP contribution in [0.1, 0.15) is 44.4 Å². The second-order valence-electron chi connectivity index (χ2n) is 6.48. The molecule has 2 rings (SSSR count). The van der Waals surface area contributed by atoms with Crippen molar-refractivity contribution < 1.29 is 0 Å². The Bertz CT molecular complexity index is 593. The van der Waals surface area contributed by atoms with E-state index in [1.807, 2.05) is 0 Å². The van der Waals surface area contributed by atoms with Gasteiger partial charge >= 0.3 is 0 Å². The van der Waals surface area contributed by atoms with Crippen LogP contribution in [-0.4, -0.2) is 0 Å². The lowest BCUT2D eigenvalue weighted by molar-refractivity contribution is 0.568. The average Bonchev–Trinajstić information content (AvgIpc) is 2.39. The van der Waals surface area contributed by atoms with E-state index in [0.29, 0.717) is 0 Å². The average molecular weight is 264 g/mol. The number of allylic oxidation sites excluding steroid dienone is 2. The molecule has 0 saturated carbocycles. The quantitative estimate of drug-likeness (QED) is 0.586. The number of benzene rings is 2. The smallest absolute Gasteiger partial charge is 0.0123 e. The van der Waals surface area contributed by atoms with Gasteiger partial charge in [0.15, 0.2) is 0 Å². The fourth-order valence-electron chi connectivity index (χ4n) is 2.76. The molecular weight excluding hydrogens is 240 g/mol. The van der Waals surface area contributed by atoms with Gasteiger partial charge in [-0.2, -0.15) is 0 Å². The van der Waals surface area contributed by atoms with Crippen molar-refractivity contribution in [2.24, 2.45) is 5.41 Å². The number of hydrogen-bond acceptors (Lipinski definition) is 0. The summed E-state index contributed by atoms with van der Waals surface area (Å²) in [5.41, 5.74) is 6.84. The molecule has 0 heterocycles. The molecule has 0 saturated heterocycles. The molecule has 0 unspecified atom stereocenters. The molecule has 0 radical (unpaired) electrons. The van der Waals surface area contributed by atoms with Crippen LogP contribution in [0.2, 0.25) is 0 Å². The Labute approximate surface area is 123 Å². The summed E-state index contributed by atoms with van der Waals surface area (Å²) in [5, 5.41) is 0. The normalized spacial score (nSPS) is 13.1. The number of aryl methyl sites for hydroxylation is 1. The SMILES string of the molecule is C/C(=C(/c1ccccc1)C(C)(C)C)c1ccc(C)cc1. The minimum Gasteiger partial charge on any atom is -0.0622 e. The van der Waals surface area contributed by atoms with Crippen molar-refractivity contribution in [2.45, 2.75) is 34.6 Å². The van der Waals surface area contributed by atoms with Crippen molar-refractivity contribution in [2.75, 3.05) is 0 Å². The summed E-state index contributed by atoms with van der Waals surface area (Å²) in [6, 6.07) is 19.5. The zero-order valence-corrected chi connectivity index (χ0v) is 13.2. The molecule has 0 aromatic heterocycles. The van der Waals surface area contributed by atoms with E-state index in [-0.39, 0.29) is 5.41 Å². The second-order valence-corrected chi connectivity index (χ2v) is 6.48. The summed E-state index contributed by atoms with van der Waals surface area (Å²) < 4.78 is 0. The summed E-state index contributed by atoms with van der Waals surface area (Å²) in [6.07, 6.45) is 0. The van der Waals surface area contributed by atoms with E-state index in [2.05, 4.69) is 89.2 Å². The van der Waals surface area contributed by atoms with Gasteiger partial charge in [0.1, 0.15) is 0 Å². The fraction of sp³-hybridized carbons (Fsp3) is 0.300. The summed E-state index contributed by atoms with van der Waals surface area (Å²) in [4.78, 5) is 0. The molecule has 0 bridgehead atoms. The molecule has 0 amide bonds. The highest BCUT2D eigenvalue weighted by Crippen LogP contribution is 2.39. The van der Waals surface area contributed by atoms with Crippen molar-refractivity contribution >= 4 is 11.1 Å². The van der Waals surface area contributed by atoms with Gasteiger partial charge in [-0.15, -0.1) is 0 Å². The summed E-state index contributed by atoms with van der Waals surface area (Å²) in [6.45, 7) is 11.2. The van der Waals surface area contributed by atoms with E-state index in [1.165, 1.54) is 27.8 Å². The predicted octanol–water partition coefficient (Wildman–Crippen LogP) is 5.97. The van der Waals surface area contributed by atoms with Crippen LogP contribution in [-0.2, 0) is 0 Å². The summed E-state index contributed by atoms with van der Waals surface area (Å²) in [7, 11) is 0. The highest BCUT2D eigenvalue weighted by atomic mass is 14.3. The Hall–Kier alpha value is -1.82. The van der Waals surface area contributed by atoms with Crippen molar-refractivity contribution in [3.05, 3.63) is 71.3 Å². The first-order chi connectivity index (χ1) is 9.39. The molecule has 0 heteroatoms. The molecule has 0 fully saturated rings. The van der Waals surface area contributed by atoms with Crippen LogP contribution in [0.15, 0.2) is 54.6 Å². The van der Waals surface area contributed by atoms with E-state index in [9.17, 15) is 0 Å². The minimum atomic E-state index is 0.121. The monoisotopic (exact) mass is 264 g/mol. The lowest BCUT2D eigenvalue weighted by Gasteiger charge is -2.26. The van der Waals surface area contributed by atoms with Crippen LogP contribution in [0.4, 0.5) is 0 Å². The van der Waals surface area contributed by atoms with Crippen LogP contribution in [0.5, 0.6) is 0 Å². The van der Waals surface area contributed by atoms with Gasteiger partial charge in [0.05, 0.1) is 0 Å². The maximum atomic E-state index is 2.28. The predicted molar refractivity (Wildman–Crippen MR) is 89.6 cm³/mol. The second kappa shape index (κ2) is 5.66. The Morgan fingerprint density at radius 3 is 1.80 bits per heavy atom. The Kier molecular flexibility index (Phi) is 4.13. The van der Waals surface area contributed by atoms with E-state index < -0.39 is 0 Å². The van der Waals surface area contributed by atoms with Crippen molar-refractivity contribution in [1.82, 2.24) is 0 Å². The standard InChI is InChI=1S/C20H24/c1-15-11-13-17(14-12-15)16(2)19(20(3,4)5)18-9-7-6-8-10-18/h6-14H,1-5H3/b19-16+. The van der Waals surface area contributed by atoms with E-state index >= 15 is 0 Å². The molecule has 20 heavy (non-hydrogen) atoms. The zero-order valence-electron chi connectivity index (χ0n) is 13.2. The van der Waals surface area contributed by atoms with Gasteiger partial charge in [0.25, 0.3) is 0 Å². The molecule has 0 aliphatic heterocycles. The van der Waals surface area contributed by atoms with Gasteiger partial charge in [-0.1, -0.05) is 80.9 Å². The van der Waals surface area contributed by atoms with Gasteiger partial charge < -0.3 is 0 Å². The largest absolute Gasteiger partial charge is 0.0622 e. The lowest BCUT2D eigenvalue weighted by Crippen LogP contribution is -2.10. The molecular formula is C20H24. The van der Waals surface area contributed by atoms with E-state index in [0.717, 1.165) is 0 Å². The lowest BCUT2D eigenvalue weighted by atomic mass is 9.78. The number of rotatable bonds is 2. The topological polar surface area (TPSA) is 0 Å². The first-order valence-corrected chi connectivity index (χ1v) is 7.23. The third kappa shape index (κ3) is 3.19. The van der Waals surface area contributed by atoms with Crippen LogP contribution in [0, 0.1) is 12.3 Å². The Morgan fingerprint density at radius 1 is 0.750 bits per heavy atom. The molecule has 0 spiro atoms. The van der Waals surface area contributed by atoms with Crippen molar-refractivity contribution in [3.8, 4) is 0 Å². The molecule has 0 N–H and O–H groups in total. The highest BCUT2D eigenvalue weighted by Gasteiger charge is 2.21. The van der Waals surface area contributed by atoms with Gasteiger partial charge in [-0.05, 0) is 41.5 Å². The molecule has 2 aromatic rings. The Balaban J connectivity index is 2.61. The Morgan fingerprint density at radius 2 is 1.30 bits per heavy atom. The van der Waals surface area contributed by atoms with Crippen LogP contribution in [0.3, 0.4) is 0 Å². The molecule has 0 aliphatic carbocycles. The van der Waals surface area contributed by atoms with Crippen LogP contribution in [0.25, 0.3) is 11.1 Å². The summed E-state index contributed by atoms with van der Waals surface area (Å²) >= 11 is 0. The van der Waals surface area contributed by atoms with Crippen LogP contribution < -0.4 is 0 Å². The summed E-state index contributed by atoms with van der Waals surface area (Å²) in [5.74, 6) is 0. The zero-order chi connectivity index (χ0) is 14.8. The van der Waals surface area contributed by atoms with E-state index in [1.54, 1.807) is 0 Å². The maximum Gasteiger partial charge on any atom is -0.0123 e. The van der Waals surface area contributed by atoms with Crippen molar-refractivity contribution in [1.29, 1.82) is 0 Å². The fourth-order valence-corrected chi connectivity index (χ4v) is 2.76. The first-order valence-electron chi connectivity index (χ1n) is 7.23. The van der Waals surface area contributed by atoms with Crippen LogP contribution >= 0.6 is 0 Å². The third-order valence-corrected chi connectivity index (χ3v) is 3.67. The molecule has 104 valence electrons. The van der Waals surface area contributed by atoms with Gasteiger partial charge in [0.2, 0.25) is 0 Å². The van der Waals surface area contributed by atoms with Gasteiger partial charge in [-0.3, -0.25) is 0 Å². The van der Waals surface area contributed by atoms with Gasteiger partial charge in [0, 0.05) is 0 Å². The van der Waals surface area contributed by atoms with Gasteiger partial charge in [-0.25, -0.2) is 0 Å². The first kappa shape index (κ1) is 14.6. The third-order valence-electron chi connectivity index (χ3n) is 3.67. The maximum absolute atomic E-state index is 2.28. The van der Waals surface area contributed by atoms with Crippen molar-refractivity contribution in [3.63, 3.8) is 0 Å².